The van der Waals surface area contributed by atoms with Gasteiger partial charge in [-0.25, -0.2) is 0 Å². The smallest absolute Gasteiger partial charge is 0.232 e. The number of rotatable bonds is 4. The maximum Gasteiger partial charge on any atom is 0.232 e. The van der Waals surface area contributed by atoms with Crippen molar-refractivity contribution in [2.45, 2.75) is 19.9 Å². The first kappa shape index (κ1) is 22.3. The van der Waals surface area contributed by atoms with Crippen molar-refractivity contribution in [2.24, 2.45) is 0 Å². The second kappa shape index (κ2) is 9.03. The van der Waals surface area contributed by atoms with Crippen molar-refractivity contribution in [2.75, 3.05) is 13.3 Å². The number of carbonyl (C=O) groups is 1. The van der Waals surface area contributed by atoms with Crippen molar-refractivity contribution in [1.29, 1.82) is 0 Å². The Labute approximate surface area is 207 Å². The van der Waals surface area contributed by atoms with Crippen molar-refractivity contribution < 1.29 is 14.3 Å². The number of carbonyl (C=O) groups excluding carboxylic acids is 1. The number of benzene rings is 3. The van der Waals surface area contributed by atoms with E-state index < -0.39 is 0 Å². The number of allylic oxidation sites excluding steroid dienone is 1. The van der Waals surface area contributed by atoms with Crippen LogP contribution in [0, 0.1) is 6.92 Å². The highest BCUT2D eigenvalue weighted by Gasteiger charge is 2.35. The summed E-state index contributed by atoms with van der Waals surface area (Å²) in [6, 6.07) is 14.8. The molecule has 2 aliphatic rings. The van der Waals surface area contributed by atoms with Crippen LogP contribution in [0.2, 0.25) is 15.1 Å². The minimum atomic E-state index is -0.143. The molecule has 0 N–H and O–H groups in total. The molecular formula is C26H20Cl3NO3. The van der Waals surface area contributed by atoms with Gasteiger partial charge in [-0.3, -0.25) is 9.69 Å². The Hall–Kier alpha value is -2.50. The molecule has 168 valence electrons. The molecule has 2 heterocycles. The molecule has 2 aliphatic heterocycles. The number of ketones is 1. The summed E-state index contributed by atoms with van der Waals surface area (Å²) >= 11 is 18.6. The van der Waals surface area contributed by atoms with Crippen LogP contribution in [0.5, 0.6) is 11.5 Å². The van der Waals surface area contributed by atoms with Crippen LogP contribution in [0.4, 0.5) is 0 Å². The third-order valence-corrected chi connectivity index (χ3v) is 6.82. The van der Waals surface area contributed by atoms with Crippen molar-refractivity contribution in [3.63, 3.8) is 0 Å². The number of nitrogens with zero attached hydrogens (tertiary/aromatic N) is 1. The van der Waals surface area contributed by atoms with Gasteiger partial charge in [-0.15, -0.1) is 0 Å². The van der Waals surface area contributed by atoms with Crippen LogP contribution in [0.25, 0.3) is 6.08 Å². The van der Waals surface area contributed by atoms with E-state index in [4.69, 9.17) is 44.3 Å². The summed E-state index contributed by atoms with van der Waals surface area (Å²) in [5, 5.41) is 1.83. The van der Waals surface area contributed by atoms with Gasteiger partial charge in [0.1, 0.15) is 18.2 Å². The van der Waals surface area contributed by atoms with E-state index >= 15 is 0 Å². The van der Waals surface area contributed by atoms with Crippen molar-refractivity contribution in [3.8, 4) is 11.5 Å². The molecule has 0 aliphatic carbocycles. The van der Waals surface area contributed by atoms with Gasteiger partial charge in [-0.05, 0) is 60.4 Å². The minimum absolute atomic E-state index is 0.143. The van der Waals surface area contributed by atoms with E-state index in [0.717, 1.165) is 41.0 Å². The molecule has 0 spiro atoms. The largest absolute Gasteiger partial charge is 0.478 e. The van der Waals surface area contributed by atoms with E-state index in [-0.39, 0.29) is 11.5 Å². The van der Waals surface area contributed by atoms with E-state index in [1.54, 1.807) is 18.2 Å². The molecule has 4 nitrogen and oxygen atoms in total. The molecule has 0 atom stereocenters. The lowest BCUT2D eigenvalue weighted by Crippen LogP contribution is -2.34. The molecule has 0 fully saturated rings. The molecule has 0 unspecified atom stereocenters. The lowest BCUT2D eigenvalue weighted by molar-refractivity contribution is 0.0949. The summed E-state index contributed by atoms with van der Waals surface area (Å²) in [7, 11) is 0. The number of fused-ring (bicyclic) bond motifs is 3. The Kier molecular flexibility index (Phi) is 6.11. The van der Waals surface area contributed by atoms with E-state index in [2.05, 4.69) is 4.90 Å². The predicted molar refractivity (Wildman–Crippen MR) is 132 cm³/mol. The lowest BCUT2D eigenvalue weighted by atomic mass is 9.98. The number of aryl methyl sites for hydroxylation is 1. The summed E-state index contributed by atoms with van der Waals surface area (Å²) in [5.74, 6) is 1.44. The zero-order valence-corrected chi connectivity index (χ0v) is 20.1. The Morgan fingerprint density at radius 1 is 1.06 bits per heavy atom. The predicted octanol–water partition coefficient (Wildman–Crippen LogP) is 6.97. The molecular weight excluding hydrogens is 481 g/mol. The molecule has 0 saturated carbocycles. The van der Waals surface area contributed by atoms with Crippen LogP contribution < -0.4 is 9.47 Å². The standard InChI is InChI=1S/C26H20Cl3NO3/c1-15-10-22-19(13-30(14-32-22)9-8-16-6-7-18(27)12-21(16)29)26-24(15)25(31)23(33-26)11-17-4-2-3-5-20(17)28/h2-7,10-12H,8-9,13-14H2,1H3/b23-11+. The number of Topliss-reactive ketones (excluding diaryl/α,β-unsaturated/α-hetero) is 1. The molecule has 3 aromatic rings. The zero-order chi connectivity index (χ0) is 23.1. The third kappa shape index (κ3) is 4.36. The van der Waals surface area contributed by atoms with Crippen LogP contribution >= 0.6 is 34.8 Å². The van der Waals surface area contributed by atoms with Gasteiger partial charge in [-0.1, -0.05) is 59.1 Å². The van der Waals surface area contributed by atoms with Crippen molar-refractivity contribution in [1.82, 2.24) is 4.90 Å². The van der Waals surface area contributed by atoms with Crippen LogP contribution in [0.1, 0.15) is 32.6 Å². The number of halogens is 3. The molecule has 0 saturated heterocycles. The topological polar surface area (TPSA) is 38.8 Å². The Balaban J connectivity index is 1.40. The molecule has 0 radical (unpaired) electrons. The Morgan fingerprint density at radius 3 is 2.67 bits per heavy atom. The first-order valence-electron chi connectivity index (χ1n) is 10.5. The van der Waals surface area contributed by atoms with Gasteiger partial charge in [0.15, 0.2) is 5.76 Å². The van der Waals surface area contributed by atoms with Crippen LogP contribution in [0.3, 0.4) is 0 Å². The van der Waals surface area contributed by atoms with Gasteiger partial charge < -0.3 is 9.47 Å². The van der Waals surface area contributed by atoms with Gasteiger partial charge in [0.2, 0.25) is 5.78 Å². The molecule has 5 rings (SSSR count). The normalized spacial score (nSPS) is 16.4. The zero-order valence-electron chi connectivity index (χ0n) is 17.8. The highest BCUT2D eigenvalue weighted by molar-refractivity contribution is 6.35. The fraction of sp³-hybridized carbons (Fsp3) is 0.192. The maximum absolute atomic E-state index is 13.2. The van der Waals surface area contributed by atoms with E-state index in [1.807, 2.05) is 43.3 Å². The van der Waals surface area contributed by atoms with Crippen LogP contribution in [0.15, 0.2) is 54.3 Å². The Bertz CT molecular complexity index is 1300. The van der Waals surface area contributed by atoms with Gasteiger partial charge in [0.25, 0.3) is 0 Å². The second-order valence-electron chi connectivity index (χ2n) is 8.15. The monoisotopic (exact) mass is 499 g/mol. The van der Waals surface area contributed by atoms with Crippen LogP contribution in [-0.4, -0.2) is 24.0 Å². The summed E-state index contributed by atoms with van der Waals surface area (Å²) in [6.45, 7) is 3.69. The summed E-state index contributed by atoms with van der Waals surface area (Å²) in [5.41, 5.74) is 4.05. The quantitative estimate of drug-likeness (QED) is 0.363. The number of hydrogen-bond donors (Lipinski definition) is 0. The molecule has 0 bridgehead atoms. The molecule has 0 aromatic heterocycles. The van der Waals surface area contributed by atoms with Crippen molar-refractivity contribution in [3.05, 3.63) is 97.2 Å². The average Bonchev–Trinajstić information content (AvgIpc) is 3.12. The lowest BCUT2D eigenvalue weighted by Gasteiger charge is -2.30. The van der Waals surface area contributed by atoms with E-state index in [0.29, 0.717) is 39.7 Å². The van der Waals surface area contributed by atoms with E-state index in [1.165, 1.54) is 0 Å². The molecule has 33 heavy (non-hydrogen) atoms. The van der Waals surface area contributed by atoms with E-state index in [9.17, 15) is 4.79 Å². The van der Waals surface area contributed by atoms with Gasteiger partial charge >= 0.3 is 0 Å². The minimum Gasteiger partial charge on any atom is -0.478 e. The molecule has 0 amide bonds. The Morgan fingerprint density at radius 2 is 1.88 bits per heavy atom. The SMILES string of the molecule is Cc1cc2c(c3c1C(=O)/C(=C\c1ccccc1Cl)O3)CN(CCc1ccc(Cl)cc1Cl)CO2. The van der Waals surface area contributed by atoms with Gasteiger partial charge in [0, 0.05) is 28.2 Å². The highest BCUT2D eigenvalue weighted by atomic mass is 35.5. The van der Waals surface area contributed by atoms with Crippen molar-refractivity contribution >= 4 is 46.7 Å². The summed E-state index contributed by atoms with van der Waals surface area (Å²) in [4.78, 5) is 15.3. The number of ether oxygens (including phenoxy) is 2. The fourth-order valence-electron chi connectivity index (χ4n) is 4.16. The maximum atomic E-state index is 13.2. The fourth-order valence-corrected chi connectivity index (χ4v) is 4.85. The second-order valence-corrected chi connectivity index (χ2v) is 9.40. The van der Waals surface area contributed by atoms with Gasteiger partial charge in [-0.2, -0.15) is 0 Å². The first-order chi connectivity index (χ1) is 15.9. The summed E-state index contributed by atoms with van der Waals surface area (Å²) in [6.07, 6.45) is 2.45. The van der Waals surface area contributed by atoms with Gasteiger partial charge in [0.05, 0.1) is 11.1 Å². The number of hydrogen-bond acceptors (Lipinski definition) is 4. The highest BCUT2D eigenvalue weighted by Crippen LogP contribution is 2.44. The van der Waals surface area contributed by atoms with Crippen LogP contribution in [-0.2, 0) is 13.0 Å². The average molecular weight is 501 g/mol. The summed E-state index contributed by atoms with van der Waals surface area (Å²) < 4.78 is 12.1. The molecule has 3 aromatic carbocycles. The third-order valence-electron chi connectivity index (χ3n) is 5.89. The molecule has 7 heteroatoms. The first-order valence-corrected chi connectivity index (χ1v) is 11.7.